The van der Waals surface area contributed by atoms with Crippen molar-refractivity contribution >= 4 is 23.1 Å². The Labute approximate surface area is 137 Å². The fraction of sp³-hybridized carbons (Fsp3) is 0.929. The van der Waals surface area contributed by atoms with Gasteiger partial charge in [-0.15, -0.1) is 0 Å². The highest BCUT2D eigenvalue weighted by molar-refractivity contribution is 6.71. The molecule has 0 aliphatic heterocycles. The van der Waals surface area contributed by atoms with Gasteiger partial charge in [-0.1, -0.05) is 6.92 Å². The first kappa shape index (κ1) is 21.7. The number of rotatable bonds is 13. The van der Waals surface area contributed by atoms with Crippen LogP contribution in [0, 0.1) is 0 Å². The van der Waals surface area contributed by atoms with Crippen molar-refractivity contribution in [2.24, 2.45) is 0 Å². The highest BCUT2D eigenvalue weighted by Crippen LogP contribution is 2.17. The summed E-state index contributed by atoms with van der Waals surface area (Å²) in [4.78, 5) is 11.6. The van der Waals surface area contributed by atoms with E-state index in [0.29, 0.717) is 6.61 Å². The summed E-state index contributed by atoms with van der Waals surface area (Å²) in [6.45, 7) is 9.77. The van der Waals surface area contributed by atoms with Crippen LogP contribution in [0.4, 0.5) is 0 Å². The molecule has 0 aliphatic carbocycles. The normalized spacial score (nSPS) is 12.5. The lowest BCUT2D eigenvalue weighted by molar-refractivity contribution is -0.134. The van der Waals surface area contributed by atoms with E-state index in [9.17, 15) is 4.79 Å². The first-order valence-electron chi connectivity index (χ1n) is 7.95. The van der Waals surface area contributed by atoms with Gasteiger partial charge in [-0.05, 0) is 45.4 Å². The summed E-state index contributed by atoms with van der Waals surface area (Å²) >= 11 is 0. The number of unbranched alkanes of at least 4 members (excludes halogenated alkanes) is 1. The molecule has 0 unspecified atom stereocenters. The first-order valence-corrected chi connectivity index (χ1v) is 13.3. The minimum Gasteiger partial charge on any atom is -0.519 e. The summed E-state index contributed by atoms with van der Waals surface area (Å²) in [6, 6.07) is 0.793. The number of nitrogens with one attached hydrogen (secondary N) is 1. The maximum atomic E-state index is 11.6. The number of hydrogen-bond donors (Lipinski definition) is 1. The monoisotopic (exact) mass is 351 g/mol. The van der Waals surface area contributed by atoms with Crippen molar-refractivity contribution in [2.75, 3.05) is 33.9 Å². The third-order valence-corrected chi connectivity index (χ3v) is 6.62. The summed E-state index contributed by atoms with van der Waals surface area (Å²) < 4.78 is 22.1. The second-order valence-electron chi connectivity index (χ2n) is 6.16. The molecule has 0 amide bonds. The van der Waals surface area contributed by atoms with E-state index < -0.39 is 17.1 Å². The molecular weight excluding hydrogens is 318 g/mol. The van der Waals surface area contributed by atoms with Crippen molar-refractivity contribution in [3.63, 3.8) is 0 Å². The van der Waals surface area contributed by atoms with Gasteiger partial charge in [0.1, 0.15) is 0 Å². The van der Waals surface area contributed by atoms with Gasteiger partial charge >= 0.3 is 14.8 Å². The van der Waals surface area contributed by atoms with Gasteiger partial charge in [-0.2, -0.15) is 0 Å². The number of hydrogen-bond acceptors (Lipinski definition) is 6. The minimum atomic E-state index is -2.49. The van der Waals surface area contributed by atoms with Crippen LogP contribution in [-0.4, -0.2) is 57.0 Å². The fourth-order valence-corrected chi connectivity index (χ4v) is 4.80. The third-order valence-electron chi connectivity index (χ3n) is 2.92. The quantitative estimate of drug-likeness (QED) is 0.406. The van der Waals surface area contributed by atoms with E-state index in [2.05, 4.69) is 12.2 Å². The van der Waals surface area contributed by atoms with Crippen LogP contribution in [0.3, 0.4) is 0 Å². The molecule has 0 rings (SSSR count). The highest BCUT2D eigenvalue weighted by Gasteiger charge is 2.37. The van der Waals surface area contributed by atoms with Crippen LogP contribution in [0.5, 0.6) is 0 Å². The second-order valence-corrected chi connectivity index (χ2v) is 13.6. The van der Waals surface area contributed by atoms with E-state index >= 15 is 0 Å². The zero-order chi connectivity index (χ0) is 17.1. The summed E-state index contributed by atoms with van der Waals surface area (Å²) in [5.41, 5.74) is 0. The van der Waals surface area contributed by atoms with E-state index in [1.807, 2.05) is 19.6 Å². The Hall–Kier alpha value is -0.256. The van der Waals surface area contributed by atoms with Crippen molar-refractivity contribution < 1.29 is 22.5 Å². The summed E-state index contributed by atoms with van der Waals surface area (Å²) in [5, 5.41) is 3.11. The molecule has 0 spiro atoms. The van der Waals surface area contributed by atoms with E-state index in [0.717, 1.165) is 31.9 Å². The molecule has 0 saturated carbocycles. The number of carbonyl (C=O) groups excluding carboxylic acids is 1. The van der Waals surface area contributed by atoms with Crippen LogP contribution in [-0.2, 0) is 22.5 Å². The van der Waals surface area contributed by atoms with Crippen LogP contribution in [0.25, 0.3) is 0 Å². The molecule has 0 bridgehead atoms. The Morgan fingerprint density at radius 2 is 1.73 bits per heavy atom. The van der Waals surface area contributed by atoms with Crippen LogP contribution in [0.15, 0.2) is 0 Å². The van der Waals surface area contributed by atoms with Crippen molar-refractivity contribution in [3.8, 4) is 0 Å². The molecule has 1 N–H and O–H groups in total. The molecule has 0 atom stereocenters. The topological polar surface area (TPSA) is 66.0 Å². The standard InChI is InChI=1S/C14H33NO5Si2/c1-7-11-19-22(17-2,18-3)12-9-8-10-15-13-14(16)20-21(4,5)6/h15H,7-13H2,1-6H3. The van der Waals surface area contributed by atoms with E-state index in [1.165, 1.54) is 0 Å². The lowest BCUT2D eigenvalue weighted by Crippen LogP contribution is -2.44. The lowest BCUT2D eigenvalue weighted by atomic mass is 10.3. The maximum Gasteiger partial charge on any atom is 0.500 e. The Balaban J connectivity index is 3.84. The molecule has 8 heteroatoms. The molecule has 0 saturated heterocycles. The predicted molar refractivity (Wildman–Crippen MR) is 92.4 cm³/mol. The molecule has 22 heavy (non-hydrogen) atoms. The van der Waals surface area contributed by atoms with Crippen LogP contribution < -0.4 is 5.32 Å². The first-order chi connectivity index (χ1) is 10.3. The van der Waals surface area contributed by atoms with Crippen LogP contribution in [0.2, 0.25) is 25.7 Å². The Kier molecular flexibility index (Phi) is 11.2. The predicted octanol–water partition coefficient (Wildman–Crippen LogP) is 2.39. The minimum absolute atomic E-state index is 0.164. The Bertz CT molecular complexity index is 306. The molecule has 0 fully saturated rings. The molecule has 0 heterocycles. The Morgan fingerprint density at radius 3 is 2.23 bits per heavy atom. The largest absolute Gasteiger partial charge is 0.519 e. The molecule has 132 valence electrons. The maximum absolute atomic E-state index is 11.6. The van der Waals surface area contributed by atoms with E-state index in [4.69, 9.17) is 17.7 Å². The molecular formula is C14H33NO5Si2. The van der Waals surface area contributed by atoms with Crippen molar-refractivity contribution in [1.29, 1.82) is 0 Å². The van der Waals surface area contributed by atoms with Crippen molar-refractivity contribution in [1.82, 2.24) is 5.32 Å². The molecule has 0 aromatic heterocycles. The average molecular weight is 352 g/mol. The van der Waals surface area contributed by atoms with Gasteiger partial charge in [0.25, 0.3) is 0 Å². The van der Waals surface area contributed by atoms with Gasteiger partial charge < -0.3 is 23.0 Å². The number of carbonyl (C=O) groups is 1. The summed E-state index contributed by atoms with van der Waals surface area (Å²) in [6.07, 6.45) is 2.83. The molecule has 0 radical (unpaired) electrons. The van der Waals surface area contributed by atoms with Gasteiger partial charge in [0, 0.05) is 26.9 Å². The van der Waals surface area contributed by atoms with Crippen LogP contribution >= 0.6 is 0 Å². The van der Waals surface area contributed by atoms with Gasteiger partial charge in [0.2, 0.25) is 8.32 Å². The summed E-state index contributed by atoms with van der Waals surface area (Å²) in [7, 11) is -0.971. The van der Waals surface area contributed by atoms with E-state index in [-0.39, 0.29) is 12.5 Å². The molecule has 0 aromatic carbocycles. The molecule has 6 nitrogen and oxygen atoms in total. The summed E-state index contributed by atoms with van der Waals surface area (Å²) in [5.74, 6) is -0.164. The van der Waals surface area contributed by atoms with Crippen molar-refractivity contribution in [2.45, 2.75) is 51.9 Å². The SMILES string of the molecule is CCCO[Si](CCCCNCC(=O)O[Si](C)(C)C)(OC)OC. The molecule has 0 aliphatic rings. The van der Waals surface area contributed by atoms with E-state index in [1.54, 1.807) is 14.2 Å². The second kappa shape index (κ2) is 11.3. The molecule has 0 aromatic rings. The smallest absolute Gasteiger partial charge is 0.500 e. The fourth-order valence-electron chi connectivity index (χ4n) is 1.89. The van der Waals surface area contributed by atoms with Crippen molar-refractivity contribution in [3.05, 3.63) is 0 Å². The Morgan fingerprint density at radius 1 is 1.09 bits per heavy atom. The average Bonchev–Trinajstić information content (AvgIpc) is 2.44. The third kappa shape index (κ3) is 10.5. The van der Waals surface area contributed by atoms with Crippen LogP contribution in [0.1, 0.15) is 26.2 Å². The zero-order valence-electron chi connectivity index (χ0n) is 15.0. The zero-order valence-corrected chi connectivity index (χ0v) is 17.0. The van der Waals surface area contributed by atoms with Gasteiger partial charge in [0.15, 0.2) is 0 Å². The van der Waals surface area contributed by atoms with Gasteiger partial charge in [-0.3, -0.25) is 4.79 Å². The highest BCUT2D eigenvalue weighted by atomic mass is 28.4. The van der Waals surface area contributed by atoms with Gasteiger partial charge in [-0.25, -0.2) is 0 Å². The lowest BCUT2D eigenvalue weighted by Gasteiger charge is -2.26. The van der Waals surface area contributed by atoms with Gasteiger partial charge in [0.05, 0.1) is 6.54 Å².